The van der Waals surface area contributed by atoms with E-state index in [9.17, 15) is 0 Å². The highest BCUT2D eigenvalue weighted by molar-refractivity contribution is 5.20. The van der Waals surface area contributed by atoms with E-state index in [0.717, 1.165) is 38.5 Å². The second kappa shape index (κ2) is 6.51. The molecule has 1 aromatic carbocycles. The Morgan fingerprint density at radius 2 is 2.00 bits per heavy atom. The van der Waals surface area contributed by atoms with Crippen LogP contribution in [0.15, 0.2) is 30.3 Å². The molecule has 3 heteroatoms. The molecular formula is C13H20N2O. The van der Waals surface area contributed by atoms with E-state index in [2.05, 4.69) is 10.2 Å². The van der Waals surface area contributed by atoms with Crippen LogP contribution < -0.4 is 10.1 Å². The van der Waals surface area contributed by atoms with Gasteiger partial charge in [-0.1, -0.05) is 18.2 Å². The minimum atomic E-state index is 0.782. The molecule has 0 bridgehead atoms. The Hall–Kier alpha value is -1.06. The summed E-state index contributed by atoms with van der Waals surface area (Å²) in [4.78, 5) is 2.46. The highest BCUT2D eigenvalue weighted by Gasteiger charge is 2.07. The van der Waals surface area contributed by atoms with Crippen molar-refractivity contribution < 1.29 is 4.74 Å². The van der Waals surface area contributed by atoms with Crippen LogP contribution in [0.3, 0.4) is 0 Å². The van der Waals surface area contributed by atoms with Crippen LogP contribution >= 0.6 is 0 Å². The summed E-state index contributed by atoms with van der Waals surface area (Å²) in [6.45, 7) is 6.38. The molecule has 2 rings (SSSR count). The normalized spacial score (nSPS) is 18.0. The molecule has 0 aromatic heterocycles. The Labute approximate surface area is 97.4 Å². The lowest BCUT2D eigenvalue weighted by Gasteiger charge is -2.19. The van der Waals surface area contributed by atoms with Gasteiger partial charge in [-0.05, 0) is 31.6 Å². The van der Waals surface area contributed by atoms with Crippen LogP contribution in [0.4, 0.5) is 0 Å². The number of nitrogens with one attached hydrogen (secondary N) is 1. The molecule has 0 radical (unpaired) electrons. The van der Waals surface area contributed by atoms with Gasteiger partial charge in [0.2, 0.25) is 0 Å². The summed E-state index contributed by atoms with van der Waals surface area (Å²) in [5, 5.41) is 3.40. The van der Waals surface area contributed by atoms with Gasteiger partial charge in [0.15, 0.2) is 0 Å². The van der Waals surface area contributed by atoms with Crippen LogP contribution in [0.2, 0.25) is 0 Å². The van der Waals surface area contributed by atoms with Crippen molar-refractivity contribution in [3.63, 3.8) is 0 Å². The molecule has 1 heterocycles. The Morgan fingerprint density at radius 3 is 2.88 bits per heavy atom. The van der Waals surface area contributed by atoms with Gasteiger partial charge in [0.05, 0.1) is 0 Å². The second-order valence-electron chi connectivity index (χ2n) is 4.11. The second-order valence-corrected chi connectivity index (χ2v) is 4.11. The van der Waals surface area contributed by atoms with Crippen molar-refractivity contribution in [2.75, 3.05) is 39.3 Å². The summed E-state index contributed by atoms with van der Waals surface area (Å²) < 4.78 is 5.69. The average molecular weight is 220 g/mol. The van der Waals surface area contributed by atoms with E-state index in [1.807, 2.05) is 30.3 Å². The molecule has 3 nitrogen and oxygen atoms in total. The van der Waals surface area contributed by atoms with Crippen molar-refractivity contribution in [1.82, 2.24) is 10.2 Å². The first-order valence-corrected chi connectivity index (χ1v) is 6.06. The van der Waals surface area contributed by atoms with Crippen molar-refractivity contribution in [2.24, 2.45) is 0 Å². The third-order valence-electron chi connectivity index (χ3n) is 2.85. The number of hydrogen-bond donors (Lipinski definition) is 1. The van der Waals surface area contributed by atoms with Crippen LogP contribution in [0, 0.1) is 0 Å². The number of para-hydroxylation sites is 1. The monoisotopic (exact) mass is 220 g/mol. The van der Waals surface area contributed by atoms with E-state index >= 15 is 0 Å². The molecule has 1 aliphatic rings. The third kappa shape index (κ3) is 3.83. The fourth-order valence-corrected chi connectivity index (χ4v) is 1.93. The lowest BCUT2D eigenvalue weighted by molar-refractivity contribution is 0.217. The van der Waals surface area contributed by atoms with Gasteiger partial charge in [-0.15, -0.1) is 0 Å². The minimum Gasteiger partial charge on any atom is -0.492 e. The minimum absolute atomic E-state index is 0.782. The van der Waals surface area contributed by atoms with Gasteiger partial charge in [0.25, 0.3) is 0 Å². The number of rotatable bonds is 4. The van der Waals surface area contributed by atoms with Gasteiger partial charge in [0, 0.05) is 19.6 Å². The third-order valence-corrected chi connectivity index (χ3v) is 2.85. The number of nitrogens with zero attached hydrogens (tertiary/aromatic N) is 1. The summed E-state index contributed by atoms with van der Waals surface area (Å²) in [7, 11) is 0. The van der Waals surface area contributed by atoms with E-state index in [-0.39, 0.29) is 0 Å². The topological polar surface area (TPSA) is 24.5 Å². The Morgan fingerprint density at radius 1 is 1.12 bits per heavy atom. The van der Waals surface area contributed by atoms with Gasteiger partial charge in [-0.3, -0.25) is 4.90 Å². The maximum absolute atomic E-state index is 5.69. The molecule has 16 heavy (non-hydrogen) atoms. The summed E-state index contributed by atoms with van der Waals surface area (Å²) in [6, 6.07) is 10.0. The van der Waals surface area contributed by atoms with Gasteiger partial charge in [-0.2, -0.15) is 0 Å². The SMILES string of the molecule is c1ccc(OCCN2CCCNCC2)cc1. The molecule has 0 aliphatic carbocycles. The van der Waals surface area contributed by atoms with E-state index in [0.29, 0.717) is 0 Å². The first-order valence-electron chi connectivity index (χ1n) is 6.06. The van der Waals surface area contributed by atoms with Crippen LogP contribution in [0.1, 0.15) is 6.42 Å². The van der Waals surface area contributed by atoms with Gasteiger partial charge < -0.3 is 10.1 Å². The molecule has 1 aromatic rings. The summed E-state index contributed by atoms with van der Waals surface area (Å²) in [5.74, 6) is 0.968. The number of ether oxygens (including phenoxy) is 1. The van der Waals surface area contributed by atoms with Crippen LogP contribution in [-0.4, -0.2) is 44.2 Å². The van der Waals surface area contributed by atoms with E-state index in [1.165, 1.54) is 13.0 Å². The summed E-state index contributed by atoms with van der Waals surface area (Å²) in [6.07, 6.45) is 1.24. The predicted octanol–water partition coefficient (Wildman–Crippen LogP) is 1.36. The van der Waals surface area contributed by atoms with Crippen molar-refractivity contribution in [3.8, 4) is 5.75 Å². The maximum Gasteiger partial charge on any atom is 0.119 e. The Bertz CT molecular complexity index is 281. The zero-order chi connectivity index (χ0) is 11.1. The van der Waals surface area contributed by atoms with E-state index < -0.39 is 0 Å². The highest BCUT2D eigenvalue weighted by Crippen LogP contribution is 2.08. The molecule has 0 saturated carbocycles. The Kier molecular flexibility index (Phi) is 4.65. The van der Waals surface area contributed by atoms with Crippen molar-refractivity contribution in [1.29, 1.82) is 0 Å². The van der Waals surface area contributed by atoms with Gasteiger partial charge in [-0.25, -0.2) is 0 Å². The molecule has 88 valence electrons. The molecule has 1 aliphatic heterocycles. The maximum atomic E-state index is 5.69. The highest BCUT2D eigenvalue weighted by atomic mass is 16.5. The average Bonchev–Trinajstić information content (AvgIpc) is 2.59. The zero-order valence-electron chi connectivity index (χ0n) is 9.69. The first-order chi connectivity index (χ1) is 7.95. The molecule has 0 amide bonds. The van der Waals surface area contributed by atoms with Crippen LogP contribution in [0.25, 0.3) is 0 Å². The van der Waals surface area contributed by atoms with E-state index in [1.54, 1.807) is 0 Å². The van der Waals surface area contributed by atoms with Crippen molar-refractivity contribution in [3.05, 3.63) is 30.3 Å². The standard InChI is InChI=1S/C13H20N2O/c1-2-5-13(6-3-1)16-12-11-15-9-4-7-14-8-10-15/h1-3,5-6,14H,4,7-12H2. The summed E-state index contributed by atoms with van der Waals surface area (Å²) >= 11 is 0. The molecule has 1 saturated heterocycles. The number of hydrogen-bond acceptors (Lipinski definition) is 3. The predicted molar refractivity (Wildman–Crippen MR) is 65.9 cm³/mol. The van der Waals surface area contributed by atoms with Crippen molar-refractivity contribution >= 4 is 0 Å². The fraction of sp³-hybridized carbons (Fsp3) is 0.538. The lowest BCUT2D eigenvalue weighted by atomic mass is 10.3. The zero-order valence-corrected chi connectivity index (χ0v) is 9.69. The lowest BCUT2D eigenvalue weighted by Crippen LogP contribution is -2.31. The van der Waals surface area contributed by atoms with Gasteiger partial charge in [0.1, 0.15) is 12.4 Å². The molecule has 1 N–H and O–H groups in total. The largest absolute Gasteiger partial charge is 0.492 e. The first kappa shape index (κ1) is 11.4. The van der Waals surface area contributed by atoms with Gasteiger partial charge >= 0.3 is 0 Å². The van der Waals surface area contributed by atoms with Crippen molar-refractivity contribution in [2.45, 2.75) is 6.42 Å². The molecule has 0 unspecified atom stereocenters. The van der Waals surface area contributed by atoms with Crippen LogP contribution in [-0.2, 0) is 0 Å². The molecule has 0 spiro atoms. The molecular weight excluding hydrogens is 200 g/mol. The number of benzene rings is 1. The fourth-order valence-electron chi connectivity index (χ4n) is 1.93. The molecule has 1 fully saturated rings. The summed E-state index contributed by atoms with van der Waals surface area (Å²) in [5.41, 5.74) is 0. The van der Waals surface area contributed by atoms with E-state index in [4.69, 9.17) is 4.74 Å². The smallest absolute Gasteiger partial charge is 0.119 e. The van der Waals surface area contributed by atoms with Crippen LogP contribution in [0.5, 0.6) is 5.75 Å². The molecule has 0 atom stereocenters. The Balaban J connectivity index is 1.67. The quantitative estimate of drug-likeness (QED) is 0.829.